The Morgan fingerprint density at radius 3 is 2.42 bits per heavy atom. The first-order chi connectivity index (χ1) is 14.9. The Morgan fingerprint density at radius 1 is 1.06 bits per heavy atom. The van der Waals surface area contributed by atoms with E-state index in [0.29, 0.717) is 24.7 Å². The Morgan fingerprint density at radius 2 is 1.77 bits per heavy atom. The summed E-state index contributed by atoms with van der Waals surface area (Å²) in [5, 5.41) is 0.695. The van der Waals surface area contributed by atoms with Gasteiger partial charge in [-0.15, -0.1) is 0 Å². The second kappa shape index (κ2) is 11.3. The van der Waals surface area contributed by atoms with Crippen LogP contribution in [0.2, 0.25) is 5.02 Å². The van der Waals surface area contributed by atoms with Gasteiger partial charge < -0.3 is 14.4 Å². The molecule has 1 aliphatic heterocycles. The number of amides is 1. The van der Waals surface area contributed by atoms with Gasteiger partial charge in [0.15, 0.2) is 6.61 Å². The molecular formula is C24H29ClN2O4. The molecule has 1 fully saturated rings. The van der Waals surface area contributed by atoms with E-state index in [-0.39, 0.29) is 18.6 Å². The molecule has 0 aromatic heterocycles. The standard InChI is InChI=1S/C24H29ClN2O4/c1-18-4-3-5-20(14-18)16-31-23(21-6-8-22(25)9-7-21)15-26-10-12-27(13-11-26)24(29)17-30-19(2)28/h3-9,14,23H,10-13,15-17H2,1-2H3. The fourth-order valence-electron chi connectivity index (χ4n) is 3.60. The molecule has 1 saturated heterocycles. The summed E-state index contributed by atoms with van der Waals surface area (Å²) in [6, 6.07) is 16.1. The van der Waals surface area contributed by atoms with Crippen LogP contribution in [0.25, 0.3) is 0 Å². The maximum absolute atomic E-state index is 12.2. The summed E-state index contributed by atoms with van der Waals surface area (Å²) in [5.74, 6) is -0.594. The van der Waals surface area contributed by atoms with Crippen LogP contribution >= 0.6 is 11.6 Å². The van der Waals surface area contributed by atoms with E-state index < -0.39 is 5.97 Å². The molecule has 0 spiro atoms. The molecule has 166 valence electrons. The molecule has 3 rings (SSSR count). The van der Waals surface area contributed by atoms with Crippen molar-refractivity contribution in [2.45, 2.75) is 26.6 Å². The lowest BCUT2D eigenvalue weighted by Gasteiger charge is -2.36. The van der Waals surface area contributed by atoms with Crippen LogP contribution in [0.3, 0.4) is 0 Å². The average Bonchev–Trinajstić information content (AvgIpc) is 2.76. The number of nitrogens with zero attached hydrogens (tertiary/aromatic N) is 2. The number of carbonyl (C=O) groups is 2. The van der Waals surface area contributed by atoms with Crippen LogP contribution < -0.4 is 0 Å². The molecule has 0 saturated carbocycles. The molecule has 0 N–H and O–H groups in total. The zero-order chi connectivity index (χ0) is 22.2. The molecule has 0 bridgehead atoms. The summed E-state index contributed by atoms with van der Waals surface area (Å²) in [4.78, 5) is 27.1. The number of piperazine rings is 1. The Balaban J connectivity index is 1.59. The molecule has 0 radical (unpaired) electrons. The summed E-state index contributed by atoms with van der Waals surface area (Å²) in [7, 11) is 0. The van der Waals surface area contributed by atoms with Gasteiger partial charge in [0.2, 0.25) is 0 Å². The van der Waals surface area contributed by atoms with Crippen molar-refractivity contribution in [2.75, 3.05) is 39.3 Å². The molecule has 0 aliphatic carbocycles. The van der Waals surface area contributed by atoms with Crippen molar-refractivity contribution in [1.82, 2.24) is 9.80 Å². The minimum absolute atomic E-state index is 0.110. The third-order valence-electron chi connectivity index (χ3n) is 5.32. The van der Waals surface area contributed by atoms with Crippen molar-refractivity contribution in [3.8, 4) is 0 Å². The third-order valence-corrected chi connectivity index (χ3v) is 5.58. The number of hydrogen-bond donors (Lipinski definition) is 0. The van der Waals surface area contributed by atoms with Gasteiger partial charge in [0.1, 0.15) is 0 Å². The Kier molecular flexibility index (Phi) is 8.46. The van der Waals surface area contributed by atoms with E-state index in [9.17, 15) is 9.59 Å². The first kappa shape index (κ1) is 23.3. The Hall–Kier alpha value is -2.41. The molecule has 1 amide bonds. The van der Waals surface area contributed by atoms with Gasteiger partial charge in [0.25, 0.3) is 5.91 Å². The lowest BCUT2D eigenvalue weighted by atomic mass is 10.1. The van der Waals surface area contributed by atoms with Crippen molar-refractivity contribution >= 4 is 23.5 Å². The van der Waals surface area contributed by atoms with E-state index in [0.717, 1.165) is 30.8 Å². The summed E-state index contributed by atoms with van der Waals surface area (Å²) >= 11 is 6.07. The van der Waals surface area contributed by atoms with Crippen LogP contribution in [-0.4, -0.2) is 61.0 Å². The van der Waals surface area contributed by atoms with Crippen LogP contribution in [0.4, 0.5) is 0 Å². The van der Waals surface area contributed by atoms with E-state index in [4.69, 9.17) is 21.1 Å². The van der Waals surface area contributed by atoms with E-state index in [1.54, 1.807) is 4.90 Å². The number of aryl methyl sites for hydroxylation is 1. The molecule has 6 nitrogen and oxygen atoms in total. The Labute approximate surface area is 188 Å². The topological polar surface area (TPSA) is 59.1 Å². The molecule has 1 aliphatic rings. The predicted molar refractivity (Wildman–Crippen MR) is 120 cm³/mol. The normalized spacial score (nSPS) is 15.5. The van der Waals surface area contributed by atoms with Crippen molar-refractivity contribution in [3.63, 3.8) is 0 Å². The number of benzene rings is 2. The number of halogens is 1. The minimum atomic E-state index is -0.441. The number of rotatable bonds is 8. The first-order valence-corrected chi connectivity index (χ1v) is 10.8. The van der Waals surface area contributed by atoms with Gasteiger partial charge >= 0.3 is 5.97 Å². The number of carbonyl (C=O) groups excluding carboxylic acids is 2. The van der Waals surface area contributed by atoms with E-state index in [1.807, 2.05) is 30.3 Å². The maximum Gasteiger partial charge on any atom is 0.303 e. The summed E-state index contributed by atoms with van der Waals surface area (Å²) in [6.07, 6.45) is -0.110. The second-order valence-electron chi connectivity index (χ2n) is 7.80. The zero-order valence-corrected chi connectivity index (χ0v) is 18.8. The van der Waals surface area contributed by atoms with Crippen molar-refractivity contribution in [1.29, 1.82) is 0 Å². The molecule has 31 heavy (non-hydrogen) atoms. The van der Waals surface area contributed by atoms with E-state index in [2.05, 4.69) is 30.0 Å². The van der Waals surface area contributed by atoms with Crippen LogP contribution in [0.5, 0.6) is 0 Å². The summed E-state index contributed by atoms with van der Waals surface area (Å²) in [6.45, 7) is 7.11. The fourth-order valence-corrected chi connectivity index (χ4v) is 3.73. The lowest BCUT2D eigenvalue weighted by Crippen LogP contribution is -2.50. The van der Waals surface area contributed by atoms with Crippen molar-refractivity contribution < 1.29 is 19.1 Å². The quantitative estimate of drug-likeness (QED) is 0.582. The highest BCUT2D eigenvalue weighted by Crippen LogP contribution is 2.23. The largest absolute Gasteiger partial charge is 0.456 e. The monoisotopic (exact) mass is 444 g/mol. The number of hydrogen-bond acceptors (Lipinski definition) is 5. The highest BCUT2D eigenvalue weighted by Gasteiger charge is 2.24. The number of ether oxygens (including phenoxy) is 2. The maximum atomic E-state index is 12.2. The minimum Gasteiger partial charge on any atom is -0.456 e. The zero-order valence-electron chi connectivity index (χ0n) is 18.1. The SMILES string of the molecule is CC(=O)OCC(=O)N1CCN(CC(OCc2cccc(C)c2)c2ccc(Cl)cc2)CC1. The highest BCUT2D eigenvalue weighted by molar-refractivity contribution is 6.30. The highest BCUT2D eigenvalue weighted by atomic mass is 35.5. The summed E-state index contributed by atoms with van der Waals surface area (Å²) < 4.78 is 11.2. The summed E-state index contributed by atoms with van der Waals surface area (Å²) in [5.41, 5.74) is 3.42. The second-order valence-corrected chi connectivity index (χ2v) is 8.24. The Bertz CT molecular complexity index is 879. The van der Waals surface area contributed by atoms with Gasteiger partial charge in [-0.2, -0.15) is 0 Å². The van der Waals surface area contributed by atoms with Crippen molar-refractivity contribution in [3.05, 3.63) is 70.2 Å². The molecular weight excluding hydrogens is 416 g/mol. The smallest absolute Gasteiger partial charge is 0.303 e. The van der Waals surface area contributed by atoms with Gasteiger partial charge in [0, 0.05) is 44.7 Å². The molecule has 7 heteroatoms. The molecule has 1 unspecified atom stereocenters. The van der Waals surface area contributed by atoms with Crippen LogP contribution in [0.1, 0.15) is 29.7 Å². The van der Waals surface area contributed by atoms with Crippen molar-refractivity contribution in [2.24, 2.45) is 0 Å². The molecule has 1 heterocycles. The van der Waals surface area contributed by atoms with Gasteiger partial charge in [0.05, 0.1) is 12.7 Å². The van der Waals surface area contributed by atoms with Crippen LogP contribution in [-0.2, 0) is 25.7 Å². The molecule has 1 atom stereocenters. The van der Waals surface area contributed by atoms with Crippen LogP contribution in [0.15, 0.2) is 48.5 Å². The average molecular weight is 445 g/mol. The fraction of sp³-hybridized carbons (Fsp3) is 0.417. The molecule has 2 aromatic rings. The molecule has 2 aromatic carbocycles. The number of esters is 1. The van der Waals surface area contributed by atoms with Crippen LogP contribution in [0, 0.1) is 6.92 Å². The first-order valence-electron chi connectivity index (χ1n) is 10.5. The van der Waals surface area contributed by atoms with E-state index in [1.165, 1.54) is 12.5 Å². The third kappa shape index (κ3) is 7.35. The lowest BCUT2D eigenvalue weighted by molar-refractivity contribution is -0.151. The van der Waals surface area contributed by atoms with Gasteiger partial charge in [-0.1, -0.05) is 53.6 Å². The van der Waals surface area contributed by atoms with Gasteiger partial charge in [-0.25, -0.2) is 0 Å². The van der Waals surface area contributed by atoms with E-state index >= 15 is 0 Å². The van der Waals surface area contributed by atoms with Gasteiger partial charge in [-0.3, -0.25) is 14.5 Å². The predicted octanol–water partition coefficient (Wildman–Crippen LogP) is 3.61. The van der Waals surface area contributed by atoms with Gasteiger partial charge in [-0.05, 0) is 30.2 Å².